The van der Waals surface area contributed by atoms with Gasteiger partial charge in [0, 0.05) is 13.0 Å². The highest BCUT2D eigenvalue weighted by atomic mass is 16.6. The summed E-state index contributed by atoms with van der Waals surface area (Å²) in [6.45, 7) is 5.29. The molecule has 0 amide bonds. The number of aliphatic hydroxyl groups excluding tert-OH is 1. The van der Waals surface area contributed by atoms with Crippen LogP contribution in [0, 0.1) is 0 Å². The summed E-state index contributed by atoms with van der Waals surface area (Å²) >= 11 is 0. The minimum Gasteiger partial charge on any atom is -0.457 e. The highest BCUT2D eigenvalue weighted by Gasteiger charge is 2.13. The Morgan fingerprint density at radius 2 is 0.792 bits per heavy atom. The van der Waals surface area contributed by atoms with Gasteiger partial charge in [-0.2, -0.15) is 0 Å². The van der Waals surface area contributed by atoms with E-state index in [0.717, 1.165) is 44.9 Å². The minimum atomic E-state index is -0.544. The van der Waals surface area contributed by atoms with Gasteiger partial charge in [-0.15, -0.1) is 0 Å². The summed E-state index contributed by atoms with van der Waals surface area (Å²) in [7, 11) is 0. The Morgan fingerprint density at radius 1 is 0.453 bits per heavy atom. The van der Waals surface area contributed by atoms with Gasteiger partial charge in [-0.25, -0.2) is 0 Å². The van der Waals surface area contributed by atoms with Gasteiger partial charge in [0.15, 0.2) is 0 Å². The van der Waals surface area contributed by atoms with Crippen LogP contribution in [0.4, 0.5) is 0 Å². The molecule has 0 aliphatic rings. The molecule has 4 heteroatoms. The molecule has 0 aliphatic heterocycles. The molecule has 53 heavy (non-hydrogen) atoms. The lowest BCUT2D eigenvalue weighted by Crippen LogP contribution is -2.27. The molecular formula is C49H88O4. The van der Waals surface area contributed by atoms with Crippen LogP contribution in [0.15, 0.2) is 60.8 Å². The molecule has 4 nitrogen and oxygen atoms in total. The monoisotopic (exact) mass is 741 g/mol. The first-order valence-corrected chi connectivity index (χ1v) is 22.9. The average molecular weight is 741 g/mol. The first kappa shape index (κ1) is 51.1. The molecule has 0 bridgehead atoms. The number of esters is 1. The summed E-state index contributed by atoms with van der Waals surface area (Å²) in [6.07, 6.45) is 61.4. The molecule has 0 fully saturated rings. The summed E-state index contributed by atoms with van der Waals surface area (Å²) in [6, 6.07) is 0. The minimum absolute atomic E-state index is 0.179. The maximum atomic E-state index is 12.2. The first-order chi connectivity index (χ1) is 26.2. The fourth-order valence-electron chi connectivity index (χ4n) is 6.37. The van der Waals surface area contributed by atoms with Crippen molar-refractivity contribution < 1.29 is 19.4 Å². The molecule has 0 heterocycles. The van der Waals surface area contributed by atoms with Crippen LogP contribution in [0.3, 0.4) is 0 Å². The Morgan fingerprint density at radius 3 is 1.23 bits per heavy atom. The van der Waals surface area contributed by atoms with Crippen molar-refractivity contribution >= 4 is 5.97 Å². The van der Waals surface area contributed by atoms with E-state index in [2.05, 4.69) is 74.6 Å². The normalized spacial score (nSPS) is 12.9. The molecule has 0 aliphatic carbocycles. The smallest absolute Gasteiger partial charge is 0.306 e. The van der Waals surface area contributed by atoms with Gasteiger partial charge in [0.05, 0.1) is 13.2 Å². The number of rotatable bonds is 42. The van der Waals surface area contributed by atoms with Crippen LogP contribution in [-0.4, -0.2) is 37.0 Å². The SMILES string of the molecule is CCCCC/C=C\C/C=C\CCCCCCCCOCC(CO)OC(=O)CCCCCCCCCCCC/C=C\C/C=C\C/C=C\CCCCCCC. The number of hydrogen-bond donors (Lipinski definition) is 1. The van der Waals surface area contributed by atoms with Crippen LogP contribution in [-0.2, 0) is 14.3 Å². The first-order valence-electron chi connectivity index (χ1n) is 22.9. The third-order valence-electron chi connectivity index (χ3n) is 9.82. The van der Waals surface area contributed by atoms with Crippen molar-refractivity contribution in [1.29, 1.82) is 0 Å². The fraction of sp³-hybridized carbons (Fsp3) is 0.776. The standard InChI is InChI=1S/C49H88O4/c1-3-5-7-9-11-13-15-17-19-21-22-23-24-25-26-27-28-29-30-32-34-36-38-40-42-44-49(51)53-48(46-50)47-52-45-43-41-39-37-35-33-31-20-18-16-14-12-10-8-6-4-2/h12,14-15,17-18,20-22,24-25,48,50H,3-11,13,16,19,23,26-47H2,1-2H3/b14-12-,17-15-,20-18-,22-21-,25-24-. The van der Waals surface area contributed by atoms with Crippen LogP contribution in [0.2, 0.25) is 0 Å². The second kappa shape index (κ2) is 46.2. The molecule has 1 unspecified atom stereocenters. The predicted molar refractivity (Wildman–Crippen MR) is 233 cm³/mol. The maximum Gasteiger partial charge on any atom is 0.306 e. The number of ether oxygens (including phenoxy) is 2. The number of aliphatic hydroxyl groups is 1. The van der Waals surface area contributed by atoms with Gasteiger partial charge in [-0.05, 0) is 83.5 Å². The summed E-state index contributed by atoms with van der Waals surface area (Å²) in [5.74, 6) is -0.209. The van der Waals surface area contributed by atoms with E-state index in [1.807, 2.05) is 0 Å². The molecule has 0 aromatic rings. The quantitative estimate of drug-likeness (QED) is 0.0385. The fourth-order valence-corrected chi connectivity index (χ4v) is 6.37. The van der Waals surface area contributed by atoms with Crippen LogP contribution in [0.25, 0.3) is 0 Å². The lowest BCUT2D eigenvalue weighted by Gasteiger charge is -2.15. The van der Waals surface area contributed by atoms with Crippen molar-refractivity contribution in [2.75, 3.05) is 19.8 Å². The molecular weight excluding hydrogens is 653 g/mol. The second-order valence-electron chi connectivity index (χ2n) is 15.1. The molecule has 0 aromatic carbocycles. The van der Waals surface area contributed by atoms with Crippen molar-refractivity contribution in [3.8, 4) is 0 Å². The molecule has 0 spiro atoms. The number of hydrogen-bond acceptors (Lipinski definition) is 4. The van der Waals surface area contributed by atoms with Gasteiger partial charge in [-0.3, -0.25) is 4.79 Å². The number of allylic oxidation sites excluding steroid dienone is 10. The molecule has 0 aromatic heterocycles. The van der Waals surface area contributed by atoms with Gasteiger partial charge in [0.1, 0.15) is 6.10 Å². The maximum absolute atomic E-state index is 12.2. The van der Waals surface area contributed by atoms with Crippen molar-refractivity contribution in [2.24, 2.45) is 0 Å². The van der Waals surface area contributed by atoms with E-state index in [4.69, 9.17) is 9.47 Å². The molecule has 0 rings (SSSR count). The Kier molecular flexibility index (Phi) is 44.6. The van der Waals surface area contributed by atoms with Gasteiger partial charge in [0.25, 0.3) is 0 Å². The highest BCUT2D eigenvalue weighted by molar-refractivity contribution is 5.69. The van der Waals surface area contributed by atoms with Crippen molar-refractivity contribution in [3.63, 3.8) is 0 Å². The Bertz CT molecular complexity index is 870. The van der Waals surface area contributed by atoms with Crippen LogP contribution in [0.5, 0.6) is 0 Å². The third kappa shape index (κ3) is 44.4. The Hall–Kier alpha value is -1.91. The Balaban J connectivity index is 3.46. The summed E-state index contributed by atoms with van der Waals surface area (Å²) in [5, 5.41) is 9.61. The van der Waals surface area contributed by atoms with Crippen molar-refractivity contribution in [1.82, 2.24) is 0 Å². The van der Waals surface area contributed by atoms with Crippen LogP contribution < -0.4 is 0 Å². The third-order valence-corrected chi connectivity index (χ3v) is 9.82. The van der Waals surface area contributed by atoms with Gasteiger partial charge in [-0.1, -0.05) is 190 Å². The van der Waals surface area contributed by atoms with Crippen molar-refractivity contribution in [3.05, 3.63) is 60.8 Å². The summed E-state index contributed by atoms with van der Waals surface area (Å²) in [4.78, 5) is 12.2. The number of carbonyl (C=O) groups excluding carboxylic acids is 1. The number of unbranched alkanes of at least 4 members (excludes halogenated alkanes) is 24. The van der Waals surface area contributed by atoms with E-state index in [9.17, 15) is 9.90 Å². The molecule has 0 saturated carbocycles. The van der Waals surface area contributed by atoms with E-state index in [-0.39, 0.29) is 19.2 Å². The second-order valence-corrected chi connectivity index (χ2v) is 15.1. The summed E-state index contributed by atoms with van der Waals surface area (Å²) < 4.78 is 11.2. The van der Waals surface area contributed by atoms with Crippen LogP contribution in [0.1, 0.15) is 219 Å². The molecule has 0 radical (unpaired) electrons. The molecule has 1 atom stereocenters. The largest absolute Gasteiger partial charge is 0.457 e. The zero-order chi connectivity index (χ0) is 38.4. The van der Waals surface area contributed by atoms with Gasteiger partial charge < -0.3 is 14.6 Å². The summed E-state index contributed by atoms with van der Waals surface area (Å²) in [5.41, 5.74) is 0. The van der Waals surface area contributed by atoms with Crippen LogP contribution >= 0.6 is 0 Å². The van der Waals surface area contributed by atoms with E-state index in [1.165, 1.54) is 154 Å². The molecule has 308 valence electrons. The Labute approximate surface area is 330 Å². The predicted octanol–water partition coefficient (Wildman–Crippen LogP) is 15.2. The zero-order valence-corrected chi connectivity index (χ0v) is 35.3. The average Bonchev–Trinajstić information content (AvgIpc) is 3.16. The number of carbonyl (C=O) groups is 1. The lowest BCUT2D eigenvalue weighted by molar-refractivity contribution is -0.154. The molecule has 0 saturated heterocycles. The van der Waals surface area contributed by atoms with E-state index >= 15 is 0 Å². The lowest BCUT2D eigenvalue weighted by atomic mass is 10.0. The highest BCUT2D eigenvalue weighted by Crippen LogP contribution is 2.14. The van der Waals surface area contributed by atoms with Gasteiger partial charge >= 0.3 is 5.97 Å². The van der Waals surface area contributed by atoms with E-state index in [1.54, 1.807) is 0 Å². The topological polar surface area (TPSA) is 55.8 Å². The van der Waals surface area contributed by atoms with Gasteiger partial charge in [0.2, 0.25) is 0 Å². The zero-order valence-electron chi connectivity index (χ0n) is 35.3. The molecule has 1 N–H and O–H groups in total. The van der Waals surface area contributed by atoms with E-state index < -0.39 is 6.10 Å². The van der Waals surface area contributed by atoms with Crippen molar-refractivity contribution in [2.45, 2.75) is 225 Å². The van der Waals surface area contributed by atoms with E-state index in [0.29, 0.717) is 13.0 Å².